The number of nitrogens with one attached hydrogen (secondary N) is 3. The molecule has 2 aromatic heterocycles. The Bertz CT molecular complexity index is 1270. The second-order valence-corrected chi connectivity index (χ2v) is 8.30. The highest BCUT2D eigenvalue weighted by molar-refractivity contribution is 6.05. The van der Waals surface area contributed by atoms with Crippen molar-refractivity contribution in [1.29, 1.82) is 0 Å². The molecule has 4 aromatic rings. The molecule has 34 heavy (non-hydrogen) atoms. The Hall–Kier alpha value is -4.00. The molecule has 0 bridgehead atoms. The summed E-state index contributed by atoms with van der Waals surface area (Å²) in [5.41, 5.74) is 4.95. The first-order valence-electron chi connectivity index (χ1n) is 11.6. The van der Waals surface area contributed by atoms with Crippen LogP contribution in [0.3, 0.4) is 0 Å². The average molecular weight is 455 g/mol. The van der Waals surface area contributed by atoms with Gasteiger partial charge in [0, 0.05) is 35.0 Å². The van der Waals surface area contributed by atoms with E-state index in [-0.39, 0.29) is 11.8 Å². The minimum atomic E-state index is -0.276. The number of hydrogen-bond donors (Lipinski definition) is 3. The first kappa shape index (κ1) is 23.2. The molecule has 0 aliphatic carbocycles. The third-order valence-corrected chi connectivity index (χ3v) is 5.71. The Balaban J connectivity index is 1.54. The lowest BCUT2D eigenvalue weighted by atomic mass is 9.96. The number of amides is 1. The molecular weight excluding hydrogens is 424 g/mol. The summed E-state index contributed by atoms with van der Waals surface area (Å²) in [5.74, 6) is 0.374. The largest absolute Gasteiger partial charge is 0.361 e. The van der Waals surface area contributed by atoms with Crippen molar-refractivity contribution in [2.24, 2.45) is 4.99 Å². The molecule has 2 aromatic carbocycles. The van der Waals surface area contributed by atoms with Crippen molar-refractivity contribution in [3.8, 4) is 0 Å². The van der Waals surface area contributed by atoms with Crippen molar-refractivity contribution in [3.63, 3.8) is 0 Å². The summed E-state index contributed by atoms with van der Waals surface area (Å²) in [6.07, 6.45) is 3.43. The molecule has 0 radical (unpaired) electrons. The minimum absolute atomic E-state index is 0.114. The molecule has 1 amide bonds. The summed E-state index contributed by atoms with van der Waals surface area (Å²) in [6, 6.07) is 19.9. The molecule has 3 N–H and O–H groups in total. The summed E-state index contributed by atoms with van der Waals surface area (Å²) in [6.45, 7) is 6.33. The number of anilines is 1. The van der Waals surface area contributed by atoms with Crippen LogP contribution in [0.25, 0.3) is 10.9 Å². The number of rotatable bonds is 7. The number of carbonyl (C=O) groups is 1. The fraction of sp³-hybridized carbons (Fsp3) is 0.259. The highest BCUT2D eigenvalue weighted by Crippen LogP contribution is 2.20. The predicted molar refractivity (Wildman–Crippen MR) is 137 cm³/mol. The highest BCUT2D eigenvalue weighted by atomic mass is 16.2. The molecule has 0 unspecified atom stereocenters. The molecule has 174 valence electrons. The zero-order valence-electron chi connectivity index (χ0n) is 19.8. The van der Waals surface area contributed by atoms with E-state index >= 15 is 0 Å². The van der Waals surface area contributed by atoms with Crippen LogP contribution in [0, 0.1) is 13.8 Å². The van der Waals surface area contributed by atoms with Gasteiger partial charge >= 0.3 is 0 Å². The Morgan fingerprint density at radius 1 is 1.03 bits per heavy atom. The Morgan fingerprint density at radius 3 is 2.47 bits per heavy atom. The SMILES string of the molecule is CC[C@@H](C(=O)NC(=NCCc1c[nH]c2ccccc12)Nc1nc(C)cc(C)n1)c1ccccc1. The third-order valence-electron chi connectivity index (χ3n) is 5.71. The lowest BCUT2D eigenvalue weighted by molar-refractivity contribution is -0.121. The number of aryl methyl sites for hydroxylation is 2. The maximum absolute atomic E-state index is 13.2. The van der Waals surface area contributed by atoms with Gasteiger partial charge in [0.05, 0.1) is 5.92 Å². The van der Waals surface area contributed by atoms with Gasteiger partial charge in [-0.1, -0.05) is 55.5 Å². The van der Waals surface area contributed by atoms with E-state index in [1.165, 1.54) is 10.9 Å². The number of aromatic amines is 1. The Morgan fingerprint density at radius 2 is 1.74 bits per heavy atom. The van der Waals surface area contributed by atoms with Crippen LogP contribution >= 0.6 is 0 Å². The molecular formula is C27H30N6O. The van der Waals surface area contributed by atoms with E-state index < -0.39 is 0 Å². The van der Waals surface area contributed by atoms with Crippen molar-refractivity contribution >= 4 is 28.7 Å². The molecule has 1 atom stereocenters. The van der Waals surface area contributed by atoms with E-state index in [0.717, 1.165) is 28.9 Å². The average Bonchev–Trinajstić information content (AvgIpc) is 3.23. The van der Waals surface area contributed by atoms with Gasteiger partial charge in [0.25, 0.3) is 0 Å². The molecule has 0 aliphatic rings. The highest BCUT2D eigenvalue weighted by Gasteiger charge is 2.20. The number of fused-ring (bicyclic) bond motifs is 1. The van der Waals surface area contributed by atoms with E-state index in [1.54, 1.807) is 0 Å². The predicted octanol–water partition coefficient (Wildman–Crippen LogP) is 4.90. The number of aliphatic imine (C=N–C) groups is 1. The fourth-order valence-corrected chi connectivity index (χ4v) is 4.09. The van der Waals surface area contributed by atoms with Gasteiger partial charge in [0.15, 0.2) is 0 Å². The number of benzene rings is 2. The monoisotopic (exact) mass is 454 g/mol. The molecule has 4 rings (SSSR count). The maximum Gasteiger partial charge on any atom is 0.234 e. The van der Waals surface area contributed by atoms with Crippen LogP contribution in [0.15, 0.2) is 71.9 Å². The zero-order valence-corrected chi connectivity index (χ0v) is 19.8. The summed E-state index contributed by atoms with van der Waals surface area (Å²) < 4.78 is 0. The smallest absolute Gasteiger partial charge is 0.234 e. The standard InChI is InChI=1S/C27H30N6O/c1-4-22(20-10-6-5-7-11-20)25(34)32-26(33-27-30-18(2)16-19(3)31-27)28-15-14-21-17-29-24-13-9-8-12-23(21)24/h5-13,16-17,22,29H,4,14-15H2,1-3H3,(H2,28,30,31,32,33,34)/t22-/m1/s1. The Kier molecular flexibility index (Phi) is 7.32. The summed E-state index contributed by atoms with van der Waals surface area (Å²) in [4.78, 5) is 30.1. The van der Waals surface area contributed by atoms with E-state index in [9.17, 15) is 4.79 Å². The number of H-pyrrole nitrogens is 1. The van der Waals surface area contributed by atoms with Gasteiger partial charge in [-0.2, -0.15) is 0 Å². The number of carbonyl (C=O) groups excluding carboxylic acids is 1. The second-order valence-electron chi connectivity index (χ2n) is 8.30. The summed E-state index contributed by atoms with van der Waals surface area (Å²) in [7, 11) is 0. The van der Waals surface area contributed by atoms with Crippen LogP contribution in [0.4, 0.5) is 5.95 Å². The molecule has 2 heterocycles. The van der Waals surface area contributed by atoms with Gasteiger partial charge < -0.3 is 4.98 Å². The number of aromatic nitrogens is 3. The first-order valence-corrected chi connectivity index (χ1v) is 11.6. The van der Waals surface area contributed by atoms with E-state index in [1.807, 2.05) is 75.5 Å². The lowest BCUT2D eigenvalue weighted by Gasteiger charge is -2.17. The van der Waals surface area contributed by atoms with Gasteiger partial charge in [0.1, 0.15) is 0 Å². The van der Waals surface area contributed by atoms with Crippen molar-refractivity contribution in [3.05, 3.63) is 89.4 Å². The second kappa shape index (κ2) is 10.7. The first-order chi connectivity index (χ1) is 16.5. The number of guanidine groups is 1. The van der Waals surface area contributed by atoms with Crippen LogP contribution in [-0.4, -0.2) is 33.4 Å². The van der Waals surface area contributed by atoms with Gasteiger partial charge in [-0.05, 0) is 49.9 Å². The molecule has 0 spiro atoms. The maximum atomic E-state index is 13.2. The Labute approximate surface area is 199 Å². The van der Waals surface area contributed by atoms with E-state index in [0.29, 0.717) is 24.9 Å². The zero-order chi connectivity index (χ0) is 23.9. The van der Waals surface area contributed by atoms with Crippen LogP contribution < -0.4 is 10.6 Å². The van der Waals surface area contributed by atoms with Gasteiger partial charge in [-0.15, -0.1) is 0 Å². The molecule has 7 heteroatoms. The van der Waals surface area contributed by atoms with Crippen molar-refractivity contribution in [2.45, 2.75) is 39.5 Å². The van der Waals surface area contributed by atoms with Crippen molar-refractivity contribution in [2.75, 3.05) is 11.9 Å². The van der Waals surface area contributed by atoms with E-state index in [4.69, 9.17) is 4.99 Å². The normalized spacial score (nSPS) is 12.5. The quantitative estimate of drug-likeness (QED) is 0.274. The molecule has 7 nitrogen and oxygen atoms in total. The van der Waals surface area contributed by atoms with Crippen LogP contribution in [0.2, 0.25) is 0 Å². The van der Waals surface area contributed by atoms with Crippen LogP contribution in [0.1, 0.15) is 41.8 Å². The summed E-state index contributed by atoms with van der Waals surface area (Å²) in [5, 5.41) is 7.29. The summed E-state index contributed by atoms with van der Waals surface area (Å²) >= 11 is 0. The van der Waals surface area contributed by atoms with Gasteiger partial charge in [-0.25, -0.2) is 9.97 Å². The van der Waals surface area contributed by atoms with Crippen LogP contribution in [0.5, 0.6) is 0 Å². The molecule has 0 saturated carbocycles. The number of nitrogens with zero attached hydrogens (tertiary/aromatic N) is 3. The lowest BCUT2D eigenvalue weighted by Crippen LogP contribution is -2.39. The van der Waals surface area contributed by atoms with Crippen LogP contribution in [-0.2, 0) is 11.2 Å². The molecule has 0 aliphatic heterocycles. The topological polar surface area (TPSA) is 95.1 Å². The fourth-order valence-electron chi connectivity index (χ4n) is 4.09. The van der Waals surface area contributed by atoms with Crippen molar-refractivity contribution < 1.29 is 4.79 Å². The van der Waals surface area contributed by atoms with Gasteiger partial charge in [-0.3, -0.25) is 20.4 Å². The molecule has 0 saturated heterocycles. The third kappa shape index (κ3) is 5.67. The number of para-hydroxylation sites is 1. The van der Waals surface area contributed by atoms with Gasteiger partial charge in [0.2, 0.25) is 17.8 Å². The van der Waals surface area contributed by atoms with E-state index in [2.05, 4.69) is 37.7 Å². The van der Waals surface area contributed by atoms with Crippen molar-refractivity contribution in [1.82, 2.24) is 20.3 Å². The molecule has 0 fully saturated rings. The minimum Gasteiger partial charge on any atom is -0.361 e. The number of hydrogen-bond acceptors (Lipinski definition) is 4.